The standard InChI is InChI=1S/C4H5NO3.Li.H/c6-3-1-2-4(7)5(3)8;;/h8H,1-2H2;;. The van der Waals surface area contributed by atoms with E-state index in [1.54, 1.807) is 0 Å². The van der Waals surface area contributed by atoms with Crippen molar-refractivity contribution >= 4 is 30.7 Å². The van der Waals surface area contributed by atoms with Gasteiger partial charge in [0.1, 0.15) is 0 Å². The predicted octanol–water partition coefficient (Wildman–Crippen LogP) is -1.12. The summed E-state index contributed by atoms with van der Waals surface area (Å²) in [5.74, 6) is -1.01. The zero-order valence-corrected chi connectivity index (χ0v) is 4.13. The molecule has 0 unspecified atom stereocenters. The van der Waals surface area contributed by atoms with Gasteiger partial charge in [-0.15, -0.1) is 0 Å². The Labute approximate surface area is 64.0 Å². The van der Waals surface area contributed by atoms with E-state index in [9.17, 15) is 9.59 Å². The van der Waals surface area contributed by atoms with Crippen molar-refractivity contribution in [3.63, 3.8) is 0 Å². The van der Waals surface area contributed by atoms with Crippen LogP contribution in [0.3, 0.4) is 0 Å². The van der Waals surface area contributed by atoms with Gasteiger partial charge in [-0.3, -0.25) is 14.8 Å². The fourth-order valence-corrected chi connectivity index (χ4v) is 0.565. The number of hydroxylamine groups is 2. The van der Waals surface area contributed by atoms with Gasteiger partial charge >= 0.3 is 18.9 Å². The molecule has 0 saturated carbocycles. The van der Waals surface area contributed by atoms with Gasteiger partial charge in [-0.05, 0) is 0 Å². The van der Waals surface area contributed by atoms with E-state index in [0.717, 1.165) is 0 Å². The number of nitrogens with zero attached hydrogens (tertiary/aromatic N) is 1. The van der Waals surface area contributed by atoms with Crippen molar-refractivity contribution in [2.45, 2.75) is 12.8 Å². The Bertz CT molecular complexity index is 131. The van der Waals surface area contributed by atoms with Crippen LogP contribution < -0.4 is 0 Å². The van der Waals surface area contributed by atoms with Gasteiger partial charge in [0.2, 0.25) is 0 Å². The Balaban J connectivity index is 0.000000640. The van der Waals surface area contributed by atoms with E-state index < -0.39 is 11.8 Å². The fourth-order valence-electron chi connectivity index (χ4n) is 0.565. The summed E-state index contributed by atoms with van der Waals surface area (Å²) in [5, 5.41) is 8.57. The maximum absolute atomic E-state index is 10.2. The Morgan fingerprint density at radius 3 is 1.67 bits per heavy atom. The SMILES string of the molecule is O=C1CCC(=O)N1O.[LiH]. The summed E-state index contributed by atoms with van der Waals surface area (Å²) in [6, 6.07) is 0. The van der Waals surface area contributed by atoms with Crippen LogP contribution in [0.15, 0.2) is 0 Å². The molecule has 1 saturated heterocycles. The van der Waals surface area contributed by atoms with Crippen LogP contribution in [0.1, 0.15) is 12.8 Å². The molecule has 1 fully saturated rings. The molecule has 0 bridgehead atoms. The zero-order valence-electron chi connectivity index (χ0n) is 4.13. The van der Waals surface area contributed by atoms with Crippen molar-refractivity contribution in [2.24, 2.45) is 0 Å². The Hall–Kier alpha value is -0.303. The molecule has 1 aliphatic heterocycles. The van der Waals surface area contributed by atoms with Crippen molar-refractivity contribution in [3.8, 4) is 0 Å². The van der Waals surface area contributed by atoms with Crippen LogP contribution in [0.4, 0.5) is 0 Å². The van der Waals surface area contributed by atoms with Gasteiger partial charge in [0.25, 0.3) is 11.8 Å². The molecule has 4 nitrogen and oxygen atoms in total. The second kappa shape index (κ2) is 3.02. The summed E-state index contributed by atoms with van der Waals surface area (Å²) < 4.78 is 0. The summed E-state index contributed by atoms with van der Waals surface area (Å²) >= 11 is 0. The van der Waals surface area contributed by atoms with Gasteiger partial charge in [-0.2, -0.15) is 5.06 Å². The predicted molar refractivity (Wildman–Crippen MR) is 30.0 cm³/mol. The van der Waals surface area contributed by atoms with Crippen LogP contribution in [-0.2, 0) is 9.59 Å². The van der Waals surface area contributed by atoms with Gasteiger partial charge in [0.15, 0.2) is 0 Å². The summed E-state index contributed by atoms with van der Waals surface area (Å²) in [5.41, 5.74) is 0. The first-order valence-electron chi connectivity index (χ1n) is 2.26. The van der Waals surface area contributed by atoms with Crippen molar-refractivity contribution in [1.82, 2.24) is 5.06 Å². The van der Waals surface area contributed by atoms with Crippen molar-refractivity contribution in [2.75, 3.05) is 0 Å². The normalized spacial score (nSPS) is 18.1. The molecule has 0 radical (unpaired) electrons. The molecule has 1 heterocycles. The van der Waals surface area contributed by atoms with Crippen molar-refractivity contribution in [3.05, 3.63) is 0 Å². The average Bonchev–Trinajstić information content (AvgIpc) is 1.98. The molecular weight excluding hydrogens is 117 g/mol. The Morgan fingerprint density at radius 2 is 1.56 bits per heavy atom. The number of carbonyl (C=O) groups is 2. The first kappa shape index (κ1) is 8.70. The molecular formula is C4H6LiNO3. The average molecular weight is 123 g/mol. The van der Waals surface area contributed by atoms with Crippen LogP contribution in [-0.4, -0.2) is 40.9 Å². The monoisotopic (exact) mass is 123 g/mol. The van der Waals surface area contributed by atoms with E-state index in [2.05, 4.69) is 0 Å². The second-order valence-electron chi connectivity index (χ2n) is 1.60. The van der Waals surface area contributed by atoms with Gasteiger partial charge < -0.3 is 0 Å². The van der Waals surface area contributed by atoms with Gasteiger partial charge in [-0.25, -0.2) is 0 Å². The van der Waals surface area contributed by atoms with Crippen LogP contribution in [0, 0.1) is 0 Å². The van der Waals surface area contributed by atoms with Crippen LogP contribution in [0.5, 0.6) is 0 Å². The molecule has 0 aliphatic carbocycles. The van der Waals surface area contributed by atoms with Gasteiger partial charge in [0, 0.05) is 12.8 Å². The number of carbonyl (C=O) groups excluding carboxylic acids is 2. The van der Waals surface area contributed by atoms with Gasteiger partial charge in [0.05, 0.1) is 0 Å². The van der Waals surface area contributed by atoms with E-state index in [1.165, 1.54) is 0 Å². The second-order valence-corrected chi connectivity index (χ2v) is 1.60. The van der Waals surface area contributed by atoms with E-state index in [0.29, 0.717) is 0 Å². The first-order valence-corrected chi connectivity index (χ1v) is 2.26. The number of rotatable bonds is 0. The third-order valence-electron chi connectivity index (χ3n) is 1.03. The molecule has 1 N–H and O–H groups in total. The number of hydrogen-bond donors (Lipinski definition) is 1. The molecule has 0 atom stereocenters. The topological polar surface area (TPSA) is 57.6 Å². The summed E-state index contributed by atoms with van der Waals surface area (Å²) in [6.45, 7) is 0. The molecule has 9 heavy (non-hydrogen) atoms. The third kappa shape index (κ3) is 1.55. The van der Waals surface area contributed by atoms with E-state index in [-0.39, 0.29) is 36.8 Å². The van der Waals surface area contributed by atoms with E-state index in [1.807, 2.05) is 0 Å². The Kier molecular flexibility index (Phi) is 2.92. The van der Waals surface area contributed by atoms with E-state index in [4.69, 9.17) is 5.21 Å². The van der Waals surface area contributed by atoms with Crippen LogP contribution >= 0.6 is 0 Å². The minimum atomic E-state index is -0.505. The molecule has 0 aromatic rings. The summed E-state index contributed by atoms with van der Waals surface area (Å²) in [6.07, 6.45) is 0.296. The maximum atomic E-state index is 10.2. The number of imide groups is 1. The van der Waals surface area contributed by atoms with Crippen molar-refractivity contribution in [1.29, 1.82) is 0 Å². The molecule has 46 valence electrons. The van der Waals surface area contributed by atoms with E-state index >= 15 is 0 Å². The molecule has 2 amide bonds. The quantitative estimate of drug-likeness (QED) is 0.252. The number of hydrogen-bond acceptors (Lipinski definition) is 3. The van der Waals surface area contributed by atoms with Crippen molar-refractivity contribution < 1.29 is 14.8 Å². The Morgan fingerprint density at radius 1 is 1.22 bits per heavy atom. The minimum absolute atomic E-state index is 0. The molecule has 5 heteroatoms. The first-order chi connectivity index (χ1) is 3.72. The van der Waals surface area contributed by atoms with Crippen LogP contribution in [0.25, 0.3) is 0 Å². The summed E-state index contributed by atoms with van der Waals surface area (Å²) in [7, 11) is 0. The molecule has 0 aromatic carbocycles. The van der Waals surface area contributed by atoms with Crippen LogP contribution in [0.2, 0.25) is 0 Å². The fraction of sp³-hybridized carbons (Fsp3) is 0.500. The molecule has 1 aliphatic rings. The number of amides is 2. The summed E-state index contributed by atoms with van der Waals surface area (Å²) in [4.78, 5) is 20.5. The molecule has 0 spiro atoms. The zero-order chi connectivity index (χ0) is 6.15. The molecule has 1 rings (SSSR count). The third-order valence-corrected chi connectivity index (χ3v) is 1.03. The molecule has 0 aromatic heterocycles. The van der Waals surface area contributed by atoms with Gasteiger partial charge in [-0.1, -0.05) is 0 Å².